The maximum Gasteiger partial charge on any atom is 0.232 e. The molecule has 0 radical (unpaired) electrons. The molecule has 0 saturated heterocycles. The highest BCUT2D eigenvalue weighted by atomic mass is 16.3. The van der Waals surface area contributed by atoms with Gasteiger partial charge in [0.05, 0.1) is 5.69 Å². The highest BCUT2D eigenvalue weighted by Gasteiger charge is 2.23. The van der Waals surface area contributed by atoms with Gasteiger partial charge in [0.1, 0.15) is 5.82 Å². The fourth-order valence-corrected chi connectivity index (χ4v) is 1.39. The number of rotatable bonds is 3. The topological polar surface area (TPSA) is 48.9 Å². The average Bonchev–Trinajstić information content (AvgIpc) is 2.76. The second-order valence-corrected chi connectivity index (χ2v) is 3.49. The van der Waals surface area contributed by atoms with Crippen molar-refractivity contribution in [2.24, 2.45) is 5.92 Å². The average molecular weight is 166 g/mol. The summed E-state index contributed by atoms with van der Waals surface area (Å²) in [7, 11) is 0. The van der Waals surface area contributed by atoms with Gasteiger partial charge in [0.25, 0.3) is 0 Å². The van der Waals surface area contributed by atoms with Crippen molar-refractivity contribution in [1.29, 1.82) is 0 Å². The van der Waals surface area contributed by atoms with Gasteiger partial charge in [-0.1, -0.05) is 6.92 Å². The van der Waals surface area contributed by atoms with Crippen LogP contribution in [0.1, 0.15) is 31.3 Å². The quantitative estimate of drug-likeness (QED) is 0.717. The monoisotopic (exact) mass is 166 g/mol. The summed E-state index contributed by atoms with van der Waals surface area (Å²) in [6, 6.07) is 0. The molecule has 0 bridgehead atoms. The van der Waals surface area contributed by atoms with Crippen LogP contribution in [0.2, 0.25) is 0 Å². The lowest BCUT2D eigenvalue weighted by atomic mass is 10.3. The van der Waals surface area contributed by atoms with Crippen molar-refractivity contribution < 1.29 is 5.11 Å². The lowest BCUT2D eigenvalue weighted by Gasteiger charge is -1.90. The minimum atomic E-state index is 0.188. The van der Waals surface area contributed by atoms with Gasteiger partial charge in [-0.15, -0.1) is 0 Å². The molecule has 1 saturated carbocycles. The van der Waals surface area contributed by atoms with Crippen LogP contribution in [0.5, 0.6) is 5.88 Å². The van der Waals surface area contributed by atoms with Crippen molar-refractivity contribution in [1.82, 2.24) is 9.97 Å². The first-order valence-electron chi connectivity index (χ1n) is 4.56. The number of nitrogens with zero attached hydrogens (tertiary/aromatic N) is 1. The summed E-state index contributed by atoms with van der Waals surface area (Å²) in [5, 5.41) is 9.32. The first kappa shape index (κ1) is 7.65. The second-order valence-electron chi connectivity index (χ2n) is 3.49. The molecular weight excluding hydrogens is 152 g/mol. The first-order chi connectivity index (χ1) is 5.79. The number of aromatic nitrogens is 2. The summed E-state index contributed by atoms with van der Waals surface area (Å²) in [5.74, 6) is 1.96. The summed E-state index contributed by atoms with van der Waals surface area (Å²) < 4.78 is 0. The normalized spacial score (nSPS) is 16.8. The van der Waals surface area contributed by atoms with Crippen LogP contribution < -0.4 is 0 Å². The molecule has 0 atom stereocenters. The third kappa shape index (κ3) is 1.44. The Morgan fingerprint density at radius 2 is 2.33 bits per heavy atom. The van der Waals surface area contributed by atoms with Gasteiger partial charge in [0.15, 0.2) is 0 Å². The summed E-state index contributed by atoms with van der Waals surface area (Å²) in [6.07, 6.45) is 4.48. The molecular formula is C9H14N2O. The molecule has 3 nitrogen and oxygen atoms in total. The van der Waals surface area contributed by atoms with Gasteiger partial charge in [-0.2, -0.15) is 4.98 Å². The van der Waals surface area contributed by atoms with Crippen LogP contribution >= 0.6 is 0 Å². The van der Waals surface area contributed by atoms with E-state index in [4.69, 9.17) is 0 Å². The number of aromatic amines is 1. The standard InChI is InChI=1S/C9H14N2O/c1-2-7-9(12)11-8(10-7)5-6-3-4-6/h6,12H,2-5H2,1H3,(H,10,11). The molecule has 1 fully saturated rings. The van der Waals surface area contributed by atoms with Crippen molar-refractivity contribution in [3.8, 4) is 5.88 Å². The summed E-state index contributed by atoms with van der Waals surface area (Å²) in [5.41, 5.74) is 0.866. The summed E-state index contributed by atoms with van der Waals surface area (Å²) >= 11 is 0. The molecule has 66 valence electrons. The number of aryl methyl sites for hydroxylation is 1. The summed E-state index contributed by atoms with van der Waals surface area (Å²) in [4.78, 5) is 7.20. The van der Waals surface area contributed by atoms with E-state index in [1.807, 2.05) is 6.92 Å². The fraction of sp³-hybridized carbons (Fsp3) is 0.667. The zero-order valence-electron chi connectivity index (χ0n) is 7.30. The van der Waals surface area contributed by atoms with Gasteiger partial charge in [0, 0.05) is 6.42 Å². The zero-order chi connectivity index (χ0) is 8.55. The van der Waals surface area contributed by atoms with Gasteiger partial charge in [-0.05, 0) is 25.2 Å². The highest BCUT2D eigenvalue weighted by molar-refractivity contribution is 5.19. The Bertz CT molecular complexity index is 276. The van der Waals surface area contributed by atoms with E-state index >= 15 is 0 Å². The Labute approximate surface area is 71.8 Å². The number of nitrogens with one attached hydrogen (secondary N) is 1. The van der Waals surface area contributed by atoms with Crippen LogP contribution in [-0.2, 0) is 12.8 Å². The predicted molar refractivity (Wildman–Crippen MR) is 46.1 cm³/mol. The number of hydrogen-bond acceptors (Lipinski definition) is 2. The van der Waals surface area contributed by atoms with Crippen LogP contribution in [0.4, 0.5) is 0 Å². The second kappa shape index (κ2) is 2.81. The van der Waals surface area contributed by atoms with Crippen LogP contribution in [0.25, 0.3) is 0 Å². The van der Waals surface area contributed by atoms with Gasteiger partial charge in [-0.3, -0.25) is 0 Å². The largest absolute Gasteiger partial charge is 0.492 e. The Hall–Kier alpha value is -0.990. The van der Waals surface area contributed by atoms with Crippen molar-refractivity contribution in [3.63, 3.8) is 0 Å². The van der Waals surface area contributed by atoms with Crippen LogP contribution in [0.15, 0.2) is 0 Å². The van der Waals surface area contributed by atoms with Crippen LogP contribution in [0, 0.1) is 5.92 Å². The lowest BCUT2D eigenvalue weighted by Crippen LogP contribution is -1.89. The minimum Gasteiger partial charge on any atom is -0.492 e. The molecule has 0 spiro atoms. The van der Waals surface area contributed by atoms with E-state index in [9.17, 15) is 5.11 Å². The van der Waals surface area contributed by atoms with E-state index < -0.39 is 0 Å². The number of aromatic hydroxyl groups is 1. The van der Waals surface area contributed by atoms with E-state index in [0.717, 1.165) is 30.3 Å². The Balaban J connectivity index is 2.10. The Morgan fingerprint density at radius 3 is 2.83 bits per heavy atom. The van der Waals surface area contributed by atoms with Crippen LogP contribution in [0.3, 0.4) is 0 Å². The van der Waals surface area contributed by atoms with E-state index in [1.165, 1.54) is 12.8 Å². The van der Waals surface area contributed by atoms with E-state index in [0.29, 0.717) is 0 Å². The molecule has 1 aromatic heterocycles. The molecule has 3 heteroatoms. The SMILES string of the molecule is CCc1[nH]c(CC2CC2)nc1O. The molecule has 0 unspecified atom stereocenters. The molecule has 12 heavy (non-hydrogen) atoms. The van der Waals surface area contributed by atoms with Gasteiger partial charge < -0.3 is 10.1 Å². The predicted octanol–water partition coefficient (Wildman–Crippen LogP) is 1.63. The van der Waals surface area contributed by atoms with Gasteiger partial charge >= 0.3 is 0 Å². The third-order valence-corrected chi connectivity index (χ3v) is 2.34. The van der Waals surface area contributed by atoms with Crippen LogP contribution in [-0.4, -0.2) is 15.1 Å². The molecule has 1 aromatic rings. The minimum absolute atomic E-state index is 0.188. The van der Waals surface area contributed by atoms with Crippen molar-refractivity contribution in [2.75, 3.05) is 0 Å². The molecule has 0 amide bonds. The zero-order valence-corrected chi connectivity index (χ0v) is 7.30. The van der Waals surface area contributed by atoms with Crippen molar-refractivity contribution in [2.45, 2.75) is 32.6 Å². The highest BCUT2D eigenvalue weighted by Crippen LogP contribution is 2.32. The lowest BCUT2D eigenvalue weighted by molar-refractivity contribution is 0.449. The third-order valence-electron chi connectivity index (χ3n) is 2.34. The molecule has 1 heterocycles. The molecule has 1 aliphatic carbocycles. The number of imidazole rings is 1. The molecule has 0 aromatic carbocycles. The number of hydrogen-bond donors (Lipinski definition) is 2. The molecule has 1 aliphatic rings. The van der Waals surface area contributed by atoms with E-state index in [1.54, 1.807) is 0 Å². The Kier molecular flexibility index (Phi) is 1.79. The molecule has 2 N–H and O–H groups in total. The maximum atomic E-state index is 9.32. The van der Waals surface area contributed by atoms with E-state index in [2.05, 4.69) is 9.97 Å². The molecule has 2 rings (SSSR count). The first-order valence-corrected chi connectivity index (χ1v) is 4.56. The van der Waals surface area contributed by atoms with Crippen molar-refractivity contribution >= 4 is 0 Å². The van der Waals surface area contributed by atoms with Crippen molar-refractivity contribution in [3.05, 3.63) is 11.5 Å². The van der Waals surface area contributed by atoms with Gasteiger partial charge in [0.2, 0.25) is 5.88 Å². The maximum absolute atomic E-state index is 9.32. The molecule has 0 aliphatic heterocycles. The van der Waals surface area contributed by atoms with E-state index in [-0.39, 0.29) is 5.88 Å². The smallest absolute Gasteiger partial charge is 0.232 e. The Morgan fingerprint density at radius 1 is 1.58 bits per heavy atom. The number of H-pyrrole nitrogens is 1. The summed E-state index contributed by atoms with van der Waals surface area (Å²) in [6.45, 7) is 2.01. The van der Waals surface area contributed by atoms with Gasteiger partial charge in [-0.25, -0.2) is 0 Å². The fourth-order valence-electron chi connectivity index (χ4n) is 1.39.